The zero-order valence-electron chi connectivity index (χ0n) is 36.3. The van der Waals surface area contributed by atoms with Gasteiger partial charge in [-0.05, 0) is 62.6 Å². The van der Waals surface area contributed by atoms with Gasteiger partial charge in [-0.3, -0.25) is 24.1 Å². The number of piperazine rings is 2. The number of amides is 3. The maximum atomic E-state index is 14.4. The number of H-pyrrole nitrogens is 1. The number of hydrogen-bond acceptors (Lipinski definition) is 11. The molecule has 3 fully saturated rings. The zero-order chi connectivity index (χ0) is 44.5. The molecule has 3 saturated heterocycles. The van der Waals surface area contributed by atoms with Gasteiger partial charge in [0.2, 0.25) is 5.91 Å². The monoisotopic (exact) mass is 861 g/mol. The van der Waals surface area contributed by atoms with Crippen molar-refractivity contribution >= 4 is 40.5 Å². The van der Waals surface area contributed by atoms with E-state index in [2.05, 4.69) is 40.2 Å². The average Bonchev–Trinajstić information content (AvgIpc) is 3.79. The van der Waals surface area contributed by atoms with Gasteiger partial charge in [0.15, 0.2) is 5.69 Å². The molecule has 5 aromatic rings. The molecule has 2 N–H and O–H groups in total. The molecule has 0 aliphatic carbocycles. The second kappa shape index (κ2) is 20.8. The Labute approximate surface area is 366 Å². The number of carbonyl (C=O) groups is 4. The molecular formula is C46H56FN11O5. The molecule has 16 nitrogen and oxygen atoms in total. The van der Waals surface area contributed by atoms with Gasteiger partial charge in [-0.15, -0.1) is 0 Å². The Morgan fingerprint density at radius 1 is 0.873 bits per heavy atom. The number of aromatic nitrogens is 5. The molecule has 0 atom stereocenters. The second-order valence-electron chi connectivity index (χ2n) is 16.5. The lowest BCUT2D eigenvalue weighted by Gasteiger charge is -2.38. The topological polar surface area (TPSA) is 173 Å². The number of likely N-dealkylation sites (tertiary alicyclic amines) is 1. The first kappa shape index (κ1) is 44.9. The summed E-state index contributed by atoms with van der Waals surface area (Å²) in [4.78, 5) is 79.8. The van der Waals surface area contributed by atoms with Crippen LogP contribution in [0.25, 0.3) is 22.0 Å². The maximum absolute atomic E-state index is 14.4. The van der Waals surface area contributed by atoms with Gasteiger partial charge in [0.25, 0.3) is 17.4 Å². The van der Waals surface area contributed by atoms with E-state index in [1.54, 1.807) is 47.8 Å². The minimum absolute atomic E-state index is 0.0794. The number of imidazole rings is 1. The number of anilines is 1. The minimum Gasteiger partial charge on any atom is -0.337 e. The molecule has 3 amide bonds. The quantitative estimate of drug-likeness (QED) is 0.186. The van der Waals surface area contributed by atoms with Crippen LogP contribution in [0.1, 0.15) is 58.8 Å². The van der Waals surface area contributed by atoms with Crippen LogP contribution < -0.4 is 10.9 Å². The van der Waals surface area contributed by atoms with E-state index < -0.39 is 5.82 Å². The minimum atomic E-state index is -0.521. The number of aryl methyl sites for hydroxylation is 1. The Hall–Kier alpha value is -6.17. The Morgan fingerprint density at radius 2 is 1.57 bits per heavy atom. The van der Waals surface area contributed by atoms with Crippen LogP contribution in [0.5, 0.6) is 0 Å². The average molecular weight is 862 g/mol. The summed E-state index contributed by atoms with van der Waals surface area (Å²) in [5, 5.41) is 10.8. The smallest absolute Gasteiger partial charge is 0.274 e. The first-order valence-electron chi connectivity index (χ1n) is 21.7. The van der Waals surface area contributed by atoms with Gasteiger partial charge in [0.1, 0.15) is 12.1 Å². The number of pyridine rings is 1. The van der Waals surface area contributed by atoms with Crippen LogP contribution in [0.15, 0.2) is 72.0 Å². The summed E-state index contributed by atoms with van der Waals surface area (Å²) in [6.45, 7) is 13.8. The predicted octanol–water partition coefficient (Wildman–Crippen LogP) is 3.63. The van der Waals surface area contributed by atoms with E-state index in [0.717, 1.165) is 93.7 Å². The molecule has 3 aliphatic heterocycles. The highest BCUT2D eigenvalue weighted by Crippen LogP contribution is 2.27. The normalized spacial score (nSPS) is 16.7. The number of aromatic amines is 1. The number of aldehydes is 1. The van der Waals surface area contributed by atoms with E-state index in [1.807, 2.05) is 41.8 Å². The SMILES string of the molecule is CCn1cnc(-c2cnc(C(=O)N3CCC(CN4CCN(CC=O)CC4)CC3)c(NC(C)=O)c2)c1.CN1CCN(C(=O)c2cc(Cc3n[nH]c(=O)c4ccccc34)ccc2F)CC1. The lowest BCUT2D eigenvalue weighted by molar-refractivity contribution is -0.114. The number of carbonyl (C=O) groups excluding carboxylic acids is 4. The van der Waals surface area contributed by atoms with Crippen molar-refractivity contribution in [2.75, 3.05) is 90.9 Å². The zero-order valence-corrected chi connectivity index (χ0v) is 36.3. The van der Waals surface area contributed by atoms with E-state index in [9.17, 15) is 28.4 Å². The van der Waals surface area contributed by atoms with Crippen molar-refractivity contribution < 1.29 is 23.6 Å². The number of rotatable bonds is 11. The molecule has 0 bridgehead atoms. The maximum Gasteiger partial charge on any atom is 0.274 e. The van der Waals surface area contributed by atoms with Crippen LogP contribution >= 0.6 is 0 Å². The summed E-state index contributed by atoms with van der Waals surface area (Å²) in [7, 11) is 2.00. The van der Waals surface area contributed by atoms with Crippen molar-refractivity contribution in [1.82, 2.24) is 49.2 Å². The largest absolute Gasteiger partial charge is 0.337 e. The highest BCUT2D eigenvalue weighted by molar-refractivity contribution is 6.02. The Balaban J connectivity index is 0.000000193. The Morgan fingerprint density at radius 3 is 2.25 bits per heavy atom. The van der Waals surface area contributed by atoms with Gasteiger partial charge < -0.3 is 34.3 Å². The highest BCUT2D eigenvalue weighted by atomic mass is 19.1. The number of hydrogen-bond donors (Lipinski definition) is 2. The third-order valence-corrected chi connectivity index (χ3v) is 12.1. The highest BCUT2D eigenvalue weighted by Gasteiger charge is 2.29. The predicted molar refractivity (Wildman–Crippen MR) is 238 cm³/mol. The molecule has 2 aromatic carbocycles. The summed E-state index contributed by atoms with van der Waals surface area (Å²) < 4.78 is 16.3. The lowest BCUT2D eigenvalue weighted by atomic mass is 9.95. The standard InChI is InChI=1S/C25H35N7O3.C21H21FN4O2/c1-3-29-17-23(27-18-29)21-14-22(28-19(2)34)24(26-15-21)25(35)32-6-4-20(5-7-32)16-31-10-8-30(9-11-31)12-13-33;1-25-8-10-26(11-9-25)21(28)17-12-14(6-7-18(17)22)13-19-15-4-2-3-5-16(15)20(27)24-23-19/h13-15,17-18,20H,3-12,16H2,1-2H3,(H,28,34);2-7,12H,8-11,13H2,1H3,(H,24,27). The number of nitrogens with one attached hydrogen (secondary N) is 2. The van der Waals surface area contributed by atoms with Gasteiger partial charge in [-0.1, -0.05) is 24.3 Å². The van der Waals surface area contributed by atoms with Gasteiger partial charge in [-0.2, -0.15) is 5.10 Å². The van der Waals surface area contributed by atoms with Gasteiger partial charge in [0.05, 0.1) is 40.9 Å². The summed E-state index contributed by atoms with van der Waals surface area (Å²) >= 11 is 0. The fourth-order valence-corrected chi connectivity index (χ4v) is 8.36. The van der Waals surface area contributed by atoms with Crippen molar-refractivity contribution in [3.63, 3.8) is 0 Å². The fraction of sp³-hybridized carbons (Fsp3) is 0.435. The summed E-state index contributed by atoms with van der Waals surface area (Å²) in [5.74, 6) is -0.654. The van der Waals surface area contributed by atoms with Crippen LogP contribution in [0.2, 0.25) is 0 Å². The van der Waals surface area contributed by atoms with Crippen LogP contribution in [0.4, 0.5) is 10.1 Å². The van der Waals surface area contributed by atoms with E-state index in [-0.39, 0.29) is 34.5 Å². The molecule has 0 saturated carbocycles. The van der Waals surface area contributed by atoms with Crippen molar-refractivity contribution in [1.29, 1.82) is 0 Å². The molecule has 0 radical (unpaired) electrons. The Bertz CT molecular complexity index is 2470. The van der Waals surface area contributed by atoms with Crippen LogP contribution in [0, 0.1) is 11.7 Å². The fourth-order valence-electron chi connectivity index (χ4n) is 8.36. The number of likely N-dealkylation sites (N-methyl/N-ethyl adjacent to an activating group) is 1. The van der Waals surface area contributed by atoms with E-state index in [1.165, 1.54) is 13.0 Å². The summed E-state index contributed by atoms with van der Waals surface area (Å²) in [5.41, 5.74) is 3.47. The van der Waals surface area contributed by atoms with E-state index in [4.69, 9.17) is 0 Å². The van der Waals surface area contributed by atoms with Crippen molar-refractivity contribution in [2.45, 2.75) is 39.7 Å². The first-order valence-corrected chi connectivity index (χ1v) is 21.7. The lowest BCUT2D eigenvalue weighted by Crippen LogP contribution is -2.49. The number of piperidine rings is 1. The number of nitrogens with zero attached hydrogens (tertiary/aromatic N) is 9. The van der Waals surface area contributed by atoms with Crippen LogP contribution in [-0.4, -0.2) is 159 Å². The molecule has 0 spiro atoms. The molecule has 8 rings (SSSR count). The molecule has 17 heteroatoms. The van der Waals surface area contributed by atoms with Crippen molar-refractivity contribution in [3.05, 3.63) is 106 Å². The first-order chi connectivity index (χ1) is 30.5. The Kier molecular flexibility index (Phi) is 14.8. The van der Waals surface area contributed by atoms with Crippen LogP contribution in [0.3, 0.4) is 0 Å². The third-order valence-electron chi connectivity index (χ3n) is 12.1. The summed E-state index contributed by atoms with van der Waals surface area (Å²) in [6, 6.07) is 13.6. The van der Waals surface area contributed by atoms with Gasteiger partial charge in [0, 0.05) is 115 Å². The van der Waals surface area contributed by atoms with E-state index >= 15 is 0 Å². The number of benzene rings is 2. The van der Waals surface area contributed by atoms with Crippen molar-refractivity contribution in [3.8, 4) is 11.3 Å². The van der Waals surface area contributed by atoms with Crippen LogP contribution in [-0.2, 0) is 22.6 Å². The van der Waals surface area contributed by atoms with E-state index in [0.29, 0.717) is 61.8 Å². The molecule has 63 heavy (non-hydrogen) atoms. The number of fused-ring (bicyclic) bond motifs is 1. The molecule has 332 valence electrons. The summed E-state index contributed by atoms with van der Waals surface area (Å²) in [6.07, 6.45) is 8.58. The van der Waals surface area contributed by atoms with Gasteiger partial charge >= 0.3 is 0 Å². The molecule has 6 heterocycles. The molecular weight excluding hydrogens is 806 g/mol. The molecule has 0 unspecified atom stereocenters. The molecule has 3 aromatic heterocycles. The molecule has 3 aliphatic rings. The van der Waals surface area contributed by atoms with Gasteiger partial charge in [-0.25, -0.2) is 19.5 Å². The third kappa shape index (κ3) is 11.3. The van der Waals surface area contributed by atoms with Crippen molar-refractivity contribution in [2.24, 2.45) is 5.92 Å². The second-order valence-corrected chi connectivity index (χ2v) is 16.5. The number of halogens is 1.